The van der Waals surface area contributed by atoms with Gasteiger partial charge in [-0.15, -0.1) is 0 Å². The number of Topliss-reactive ketones (excluding diaryl/α,β-unsaturated/α-hetero) is 1. The number of para-hydroxylation sites is 2. The Bertz CT molecular complexity index is 1320. The summed E-state index contributed by atoms with van der Waals surface area (Å²) >= 11 is 0. The molecule has 1 aromatic heterocycles. The van der Waals surface area contributed by atoms with Gasteiger partial charge < -0.3 is 15.5 Å². The van der Waals surface area contributed by atoms with Crippen LogP contribution in [0.3, 0.4) is 0 Å². The largest absolute Gasteiger partial charge is 0.357 e. The first-order valence-corrected chi connectivity index (χ1v) is 12.1. The van der Waals surface area contributed by atoms with Crippen molar-refractivity contribution in [1.29, 1.82) is 0 Å². The van der Waals surface area contributed by atoms with Crippen LogP contribution < -0.4 is 15.5 Å². The number of nitrogens with zero attached hydrogens (tertiary/aromatic N) is 2. The van der Waals surface area contributed by atoms with Crippen molar-refractivity contribution in [3.63, 3.8) is 0 Å². The molecule has 3 aromatic rings. The van der Waals surface area contributed by atoms with E-state index in [0.29, 0.717) is 25.0 Å². The van der Waals surface area contributed by atoms with Gasteiger partial charge in [0.05, 0.1) is 24.0 Å². The van der Waals surface area contributed by atoms with Gasteiger partial charge in [-0.3, -0.25) is 14.6 Å². The number of amides is 1. The molecular weight excluding hydrogens is 455 g/mol. The van der Waals surface area contributed by atoms with E-state index in [9.17, 15) is 14.0 Å². The zero-order valence-corrected chi connectivity index (χ0v) is 20.4. The lowest BCUT2D eigenvalue weighted by molar-refractivity contribution is -0.120. The standard InChI is InChI=1S/C29H29FN4O2/c1-29(2)14-23-27(25(35)15-29)28(20-9-11-21(30)12-10-20)34(24-8-4-3-7-22(24)33-23)18-26(36)32-17-19-6-5-13-31-16-19/h3-13,16,28,33H,14-15,17-18H2,1-2H3,(H,32,36). The maximum Gasteiger partial charge on any atom is 0.239 e. The van der Waals surface area contributed by atoms with Gasteiger partial charge in [-0.25, -0.2) is 4.39 Å². The Morgan fingerprint density at radius 3 is 2.64 bits per heavy atom. The molecule has 5 rings (SSSR count). The van der Waals surface area contributed by atoms with Crippen molar-refractivity contribution in [2.45, 2.75) is 39.3 Å². The van der Waals surface area contributed by atoms with Crippen LogP contribution in [0, 0.1) is 11.2 Å². The maximum absolute atomic E-state index is 13.9. The number of allylic oxidation sites excluding steroid dienone is 1. The van der Waals surface area contributed by atoms with Crippen molar-refractivity contribution >= 4 is 23.1 Å². The Morgan fingerprint density at radius 2 is 1.89 bits per heavy atom. The fraction of sp³-hybridized carbons (Fsp3) is 0.276. The van der Waals surface area contributed by atoms with E-state index in [4.69, 9.17) is 0 Å². The zero-order chi connectivity index (χ0) is 25.3. The number of halogens is 1. The van der Waals surface area contributed by atoms with Crippen LogP contribution in [0.15, 0.2) is 84.3 Å². The summed E-state index contributed by atoms with van der Waals surface area (Å²) in [5, 5.41) is 6.50. The summed E-state index contributed by atoms with van der Waals surface area (Å²) in [6.45, 7) is 4.55. The number of nitrogens with one attached hydrogen (secondary N) is 2. The Hall–Kier alpha value is -4.00. The van der Waals surface area contributed by atoms with Crippen LogP contribution in [0.2, 0.25) is 0 Å². The summed E-state index contributed by atoms with van der Waals surface area (Å²) in [5.41, 5.74) is 4.60. The average Bonchev–Trinajstić information content (AvgIpc) is 2.98. The minimum atomic E-state index is -0.538. The number of hydrogen-bond donors (Lipinski definition) is 2. The highest BCUT2D eigenvalue weighted by atomic mass is 19.1. The molecule has 0 saturated carbocycles. The molecule has 7 heteroatoms. The number of hydrogen-bond acceptors (Lipinski definition) is 5. The van der Waals surface area contributed by atoms with E-state index in [1.165, 1.54) is 12.1 Å². The monoisotopic (exact) mass is 484 g/mol. The molecule has 0 saturated heterocycles. The average molecular weight is 485 g/mol. The molecule has 2 heterocycles. The lowest BCUT2D eigenvalue weighted by Gasteiger charge is -2.37. The maximum atomic E-state index is 13.9. The van der Waals surface area contributed by atoms with Gasteiger partial charge in [0.25, 0.3) is 0 Å². The molecule has 1 atom stereocenters. The quantitative estimate of drug-likeness (QED) is 0.524. The lowest BCUT2D eigenvalue weighted by Crippen LogP contribution is -2.41. The molecule has 184 valence electrons. The molecular formula is C29H29FN4O2. The summed E-state index contributed by atoms with van der Waals surface area (Å²) in [4.78, 5) is 32.9. The van der Waals surface area contributed by atoms with E-state index < -0.39 is 6.04 Å². The summed E-state index contributed by atoms with van der Waals surface area (Å²) in [6, 6.07) is 17.1. The molecule has 2 N–H and O–H groups in total. The third-order valence-electron chi connectivity index (χ3n) is 6.72. The van der Waals surface area contributed by atoms with Gasteiger partial charge in [0.15, 0.2) is 5.78 Å². The molecule has 1 aliphatic carbocycles. The van der Waals surface area contributed by atoms with Crippen molar-refractivity contribution in [3.8, 4) is 0 Å². The molecule has 2 aliphatic rings. The SMILES string of the molecule is CC1(C)CC(=O)C2=C(C1)Nc1ccccc1N(CC(=O)NCc1cccnc1)C2c1ccc(F)cc1. The predicted octanol–water partition coefficient (Wildman–Crippen LogP) is 5.15. The second kappa shape index (κ2) is 9.57. The van der Waals surface area contributed by atoms with Crippen LogP contribution in [0.4, 0.5) is 15.8 Å². The van der Waals surface area contributed by atoms with Crippen LogP contribution in [0.25, 0.3) is 0 Å². The molecule has 1 amide bonds. The van der Waals surface area contributed by atoms with E-state index in [1.54, 1.807) is 24.5 Å². The first-order chi connectivity index (χ1) is 17.3. The molecule has 0 radical (unpaired) electrons. The highest BCUT2D eigenvalue weighted by Gasteiger charge is 2.41. The first-order valence-electron chi connectivity index (χ1n) is 12.1. The number of benzene rings is 2. The van der Waals surface area contributed by atoms with Gasteiger partial charge in [0, 0.05) is 36.6 Å². The Labute approximate surface area is 210 Å². The smallest absolute Gasteiger partial charge is 0.239 e. The van der Waals surface area contributed by atoms with Crippen molar-refractivity contribution in [2.75, 3.05) is 16.8 Å². The number of carbonyl (C=O) groups excluding carboxylic acids is 2. The van der Waals surface area contributed by atoms with Gasteiger partial charge in [-0.05, 0) is 53.3 Å². The minimum Gasteiger partial charge on any atom is -0.357 e. The van der Waals surface area contributed by atoms with E-state index in [1.807, 2.05) is 41.3 Å². The van der Waals surface area contributed by atoms with E-state index >= 15 is 0 Å². The normalized spacial score (nSPS) is 18.6. The topological polar surface area (TPSA) is 74.3 Å². The number of ketones is 1. The van der Waals surface area contributed by atoms with Crippen LogP contribution >= 0.6 is 0 Å². The van der Waals surface area contributed by atoms with Crippen molar-refractivity contribution in [3.05, 3.63) is 101 Å². The van der Waals surface area contributed by atoms with E-state index in [-0.39, 0.29) is 29.5 Å². The highest BCUT2D eigenvalue weighted by Crippen LogP contribution is 2.48. The zero-order valence-electron chi connectivity index (χ0n) is 20.4. The Kier molecular flexibility index (Phi) is 6.31. The summed E-state index contributed by atoms with van der Waals surface area (Å²) < 4.78 is 13.9. The van der Waals surface area contributed by atoms with Crippen molar-refractivity contribution in [2.24, 2.45) is 5.41 Å². The minimum absolute atomic E-state index is 0.0223. The fourth-order valence-corrected chi connectivity index (χ4v) is 5.13. The van der Waals surface area contributed by atoms with Gasteiger partial charge in [0.2, 0.25) is 5.91 Å². The number of aromatic nitrogens is 1. The van der Waals surface area contributed by atoms with Crippen LogP contribution in [-0.2, 0) is 16.1 Å². The van der Waals surface area contributed by atoms with Crippen molar-refractivity contribution < 1.29 is 14.0 Å². The molecule has 6 nitrogen and oxygen atoms in total. The van der Waals surface area contributed by atoms with Crippen LogP contribution in [0.1, 0.15) is 43.9 Å². The number of pyridine rings is 1. The van der Waals surface area contributed by atoms with Gasteiger partial charge in [-0.1, -0.05) is 44.2 Å². The number of carbonyl (C=O) groups is 2. The molecule has 0 fully saturated rings. The number of anilines is 2. The van der Waals surface area contributed by atoms with Gasteiger partial charge >= 0.3 is 0 Å². The third-order valence-corrected chi connectivity index (χ3v) is 6.72. The highest BCUT2D eigenvalue weighted by molar-refractivity contribution is 6.01. The summed E-state index contributed by atoms with van der Waals surface area (Å²) in [5.74, 6) is -0.498. The summed E-state index contributed by atoms with van der Waals surface area (Å²) in [6.07, 6.45) is 4.50. The molecule has 1 unspecified atom stereocenters. The van der Waals surface area contributed by atoms with Gasteiger partial charge in [-0.2, -0.15) is 0 Å². The molecule has 1 aliphatic heterocycles. The number of fused-ring (bicyclic) bond motifs is 1. The van der Waals surface area contributed by atoms with Gasteiger partial charge in [0.1, 0.15) is 5.82 Å². The van der Waals surface area contributed by atoms with Crippen molar-refractivity contribution in [1.82, 2.24) is 10.3 Å². The molecule has 2 aromatic carbocycles. The summed E-state index contributed by atoms with van der Waals surface area (Å²) in [7, 11) is 0. The van der Waals surface area contributed by atoms with E-state index in [2.05, 4.69) is 29.5 Å². The third kappa shape index (κ3) is 4.87. The second-order valence-corrected chi connectivity index (χ2v) is 10.2. The lowest BCUT2D eigenvalue weighted by atomic mass is 9.73. The van der Waals surface area contributed by atoms with Crippen LogP contribution in [0.5, 0.6) is 0 Å². The number of rotatable bonds is 5. The van der Waals surface area contributed by atoms with E-state index in [0.717, 1.165) is 28.2 Å². The predicted molar refractivity (Wildman–Crippen MR) is 138 cm³/mol. The molecule has 0 spiro atoms. The second-order valence-electron chi connectivity index (χ2n) is 10.2. The first kappa shape index (κ1) is 23.7. The molecule has 36 heavy (non-hydrogen) atoms. The fourth-order valence-electron chi connectivity index (χ4n) is 5.13. The Morgan fingerprint density at radius 1 is 1.11 bits per heavy atom. The molecule has 0 bridgehead atoms. The van der Waals surface area contributed by atoms with Crippen LogP contribution in [-0.4, -0.2) is 23.2 Å². The Balaban J connectivity index is 1.58.